The van der Waals surface area contributed by atoms with Gasteiger partial charge in [-0.3, -0.25) is 9.59 Å². The first kappa shape index (κ1) is 18.6. The second-order valence-electron chi connectivity index (χ2n) is 7.08. The Bertz CT molecular complexity index is 1080. The molecule has 2 atom stereocenters. The van der Waals surface area contributed by atoms with Crippen molar-refractivity contribution in [2.75, 3.05) is 6.26 Å². The quantitative estimate of drug-likeness (QED) is 0.541. The van der Waals surface area contributed by atoms with Crippen molar-refractivity contribution in [3.63, 3.8) is 0 Å². The van der Waals surface area contributed by atoms with E-state index in [1.54, 1.807) is 0 Å². The Kier molecular flexibility index (Phi) is 4.61. The minimum atomic E-state index is -3.43. The van der Waals surface area contributed by atoms with E-state index < -0.39 is 15.6 Å². The van der Waals surface area contributed by atoms with Gasteiger partial charge in [0.15, 0.2) is 21.4 Å². The summed E-state index contributed by atoms with van der Waals surface area (Å²) in [6.45, 7) is 0. The highest BCUT2D eigenvalue weighted by atomic mass is 35.5. The van der Waals surface area contributed by atoms with Gasteiger partial charge in [-0.05, 0) is 60.4 Å². The normalized spacial score (nSPS) is 22.4. The van der Waals surface area contributed by atoms with Crippen LogP contribution in [0.2, 0.25) is 5.02 Å². The maximum absolute atomic E-state index is 13.3. The molecule has 2 bridgehead atoms. The second kappa shape index (κ2) is 6.69. The second-order valence-corrected chi connectivity index (χ2v) is 10.5. The first-order valence-corrected chi connectivity index (χ1v) is 11.8. The first-order valence-electron chi connectivity index (χ1n) is 8.64. The Morgan fingerprint density at radius 3 is 2.56 bits per heavy atom. The van der Waals surface area contributed by atoms with E-state index in [0.29, 0.717) is 0 Å². The SMILES string of the molecule is CS(=O)(=O)c1ccc(C(=O)C2=C(c3cccs3)C3CCC(C3)C2=O)c(Cl)c1. The molecule has 2 aromatic rings. The third-order valence-electron chi connectivity index (χ3n) is 5.35. The van der Waals surface area contributed by atoms with Crippen LogP contribution in [0.3, 0.4) is 0 Å². The number of halogens is 1. The summed E-state index contributed by atoms with van der Waals surface area (Å²) in [4.78, 5) is 27.3. The zero-order valence-electron chi connectivity index (χ0n) is 14.6. The van der Waals surface area contributed by atoms with Gasteiger partial charge in [-0.25, -0.2) is 8.42 Å². The minimum Gasteiger partial charge on any atom is -0.294 e. The van der Waals surface area contributed by atoms with Crippen LogP contribution in [-0.4, -0.2) is 26.2 Å². The Morgan fingerprint density at radius 2 is 1.93 bits per heavy atom. The molecule has 7 heteroatoms. The Morgan fingerprint density at radius 1 is 1.19 bits per heavy atom. The van der Waals surface area contributed by atoms with Crippen LogP contribution in [-0.2, 0) is 14.6 Å². The lowest BCUT2D eigenvalue weighted by atomic mass is 9.78. The van der Waals surface area contributed by atoms with E-state index >= 15 is 0 Å². The number of thiophene rings is 1. The van der Waals surface area contributed by atoms with Crippen molar-refractivity contribution in [2.45, 2.75) is 24.2 Å². The molecule has 1 fully saturated rings. The zero-order valence-corrected chi connectivity index (χ0v) is 17.0. The van der Waals surface area contributed by atoms with E-state index in [-0.39, 0.29) is 38.7 Å². The number of carbonyl (C=O) groups is 2. The molecule has 2 aliphatic rings. The molecular weight excluding hydrogens is 404 g/mol. The highest BCUT2D eigenvalue weighted by Gasteiger charge is 2.43. The molecule has 27 heavy (non-hydrogen) atoms. The van der Waals surface area contributed by atoms with Gasteiger partial charge in [-0.2, -0.15) is 0 Å². The number of Topliss-reactive ketones (excluding diaryl/α,β-unsaturated/α-hetero) is 2. The van der Waals surface area contributed by atoms with Crippen molar-refractivity contribution in [1.29, 1.82) is 0 Å². The molecular formula is C20H17ClO4S2. The molecule has 1 heterocycles. The molecule has 4 rings (SSSR count). The van der Waals surface area contributed by atoms with Gasteiger partial charge in [0.25, 0.3) is 0 Å². The van der Waals surface area contributed by atoms with Crippen LogP contribution >= 0.6 is 22.9 Å². The fraction of sp³-hybridized carbons (Fsp3) is 0.300. The standard InChI is InChI=1S/C20H17ClO4S2/c1-27(24,25)13-6-7-14(15(21)10-13)20(23)18-17(16-3-2-8-26-16)11-4-5-12(9-11)19(18)22/h2-3,6-8,10-12H,4-5,9H2,1H3. The van der Waals surface area contributed by atoms with Crippen LogP contribution in [0.1, 0.15) is 34.5 Å². The fourth-order valence-corrected chi connectivity index (χ4v) is 5.89. The van der Waals surface area contributed by atoms with E-state index in [1.807, 2.05) is 17.5 Å². The third kappa shape index (κ3) is 3.20. The number of hydrogen-bond acceptors (Lipinski definition) is 5. The van der Waals surface area contributed by atoms with Gasteiger partial charge in [-0.15, -0.1) is 11.3 Å². The lowest BCUT2D eigenvalue weighted by Gasteiger charge is -2.24. The van der Waals surface area contributed by atoms with Crippen molar-refractivity contribution in [2.24, 2.45) is 11.8 Å². The van der Waals surface area contributed by atoms with Crippen LogP contribution in [0.5, 0.6) is 0 Å². The van der Waals surface area contributed by atoms with E-state index in [4.69, 9.17) is 11.6 Å². The van der Waals surface area contributed by atoms with Crippen molar-refractivity contribution in [1.82, 2.24) is 0 Å². The Labute approximate surface area is 166 Å². The number of allylic oxidation sites excluding steroid dienone is 2. The van der Waals surface area contributed by atoms with E-state index in [9.17, 15) is 18.0 Å². The molecule has 1 aromatic carbocycles. The van der Waals surface area contributed by atoms with Crippen molar-refractivity contribution in [3.8, 4) is 0 Å². The maximum Gasteiger partial charge on any atom is 0.198 e. The number of ketones is 2. The molecule has 0 saturated heterocycles. The largest absolute Gasteiger partial charge is 0.294 e. The highest BCUT2D eigenvalue weighted by molar-refractivity contribution is 7.90. The molecule has 0 radical (unpaired) electrons. The topological polar surface area (TPSA) is 68.3 Å². The van der Waals surface area contributed by atoms with Gasteiger partial charge >= 0.3 is 0 Å². The predicted octanol–water partition coefficient (Wildman–Crippen LogP) is 4.44. The molecule has 0 aliphatic heterocycles. The summed E-state index contributed by atoms with van der Waals surface area (Å²) in [6, 6.07) is 7.89. The molecule has 140 valence electrons. The maximum atomic E-state index is 13.3. The molecule has 2 unspecified atom stereocenters. The summed E-state index contributed by atoms with van der Waals surface area (Å²) in [5, 5.41) is 1.98. The van der Waals surface area contributed by atoms with Crippen LogP contribution in [0.15, 0.2) is 46.2 Å². The monoisotopic (exact) mass is 420 g/mol. The molecule has 0 N–H and O–H groups in total. The van der Waals surface area contributed by atoms with Crippen molar-refractivity contribution < 1.29 is 18.0 Å². The van der Waals surface area contributed by atoms with Crippen LogP contribution in [0, 0.1) is 11.8 Å². The van der Waals surface area contributed by atoms with E-state index in [1.165, 1.54) is 29.5 Å². The fourth-order valence-electron chi connectivity index (χ4n) is 4.06. The minimum absolute atomic E-state index is 0.0477. The number of hydrogen-bond donors (Lipinski definition) is 0. The summed E-state index contributed by atoms with van der Waals surface area (Å²) in [7, 11) is -3.43. The summed E-state index contributed by atoms with van der Waals surface area (Å²) >= 11 is 7.76. The molecule has 4 nitrogen and oxygen atoms in total. The molecule has 0 amide bonds. The molecule has 2 aliphatic carbocycles. The number of sulfone groups is 1. The molecule has 0 spiro atoms. The van der Waals surface area contributed by atoms with Gasteiger partial charge < -0.3 is 0 Å². The van der Waals surface area contributed by atoms with Gasteiger partial charge in [0.1, 0.15) is 0 Å². The average molecular weight is 421 g/mol. The van der Waals surface area contributed by atoms with Gasteiger partial charge in [0.2, 0.25) is 0 Å². The lowest BCUT2D eigenvalue weighted by molar-refractivity contribution is -0.118. The number of benzene rings is 1. The summed E-state index contributed by atoms with van der Waals surface area (Å²) < 4.78 is 23.4. The van der Waals surface area contributed by atoms with Crippen LogP contribution in [0.25, 0.3) is 5.57 Å². The van der Waals surface area contributed by atoms with E-state index in [2.05, 4.69) is 0 Å². The number of rotatable bonds is 4. The Hall–Kier alpha value is -1.76. The molecule has 1 saturated carbocycles. The summed E-state index contributed by atoms with van der Waals surface area (Å²) in [5.41, 5.74) is 1.23. The summed E-state index contributed by atoms with van der Waals surface area (Å²) in [6.07, 6.45) is 3.58. The van der Waals surface area contributed by atoms with Gasteiger partial charge in [0, 0.05) is 22.6 Å². The molecule has 1 aromatic heterocycles. The lowest BCUT2D eigenvalue weighted by Crippen LogP contribution is -2.26. The first-order chi connectivity index (χ1) is 12.8. The van der Waals surface area contributed by atoms with Crippen LogP contribution in [0.4, 0.5) is 0 Å². The summed E-state index contributed by atoms with van der Waals surface area (Å²) in [5.74, 6) is -0.420. The zero-order chi connectivity index (χ0) is 19.3. The van der Waals surface area contributed by atoms with E-state index in [0.717, 1.165) is 36.0 Å². The number of carbonyl (C=O) groups excluding carboxylic acids is 2. The smallest absolute Gasteiger partial charge is 0.198 e. The van der Waals surface area contributed by atoms with Crippen molar-refractivity contribution in [3.05, 3.63) is 56.7 Å². The Balaban J connectivity index is 1.86. The van der Waals surface area contributed by atoms with Gasteiger partial charge in [-0.1, -0.05) is 17.7 Å². The van der Waals surface area contributed by atoms with Gasteiger partial charge in [0.05, 0.1) is 15.5 Å². The number of fused-ring (bicyclic) bond motifs is 2. The van der Waals surface area contributed by atoms with Crippen molar-refractivity contribution >= 4 is 49.9 Å². The van der Waals surface area contributed by atoms with Crippen LogP contribution < -0.4 is 0 Å². The third-order valence-corrected chi connectivity index (χ3v) is 7.68. The average Bonchev–Trinajstić information content (AvgIpc) is 3.28. The predicted molar refractivity (Wildman–Crippen MR) is 106 cm³/mol. The highest BCUT2D eigenvalue weighted by Crippen LogP contribution is 2.49.